The van der Waals surface area contributed by atoms with Gasteiger partial charge in [0.1, 0.15) is 11.4 Å². The van der Waals surface area contributed by atoms with Gasteiger partial charge < -0.3 is 24.0 Å². The SMILES string of the molecule is Cc1noc(-c2ccc(-c3ccccc3CC(=O)O)cc2)c1N(C)CCCc1ccc2c(c1)OCO2. The number of hydrogen-bond donors (Lipinski definition) is 1. The summed E-state index contributed by atoms with van der Waals surface area (Å²) in [6.07, 6.45) is 1.87. The summed E-state index contributed by atoms with van der Waals surface area (Å²) in [5, 5.41) is 13.5. The Bertz CT molecular complexity index is 1380. The summed E-state index contributed by atoms with van der Waals surface area (Å²) in [6, 6.07) is 21.7. The molecule has 7 nitrogen and oxygen atoms in total. The average molecular weight is 485 g/mol. The van der Waals surface area contributed by atoms with Crippen molar-refractivity contribution in [1.82, 2.24) is 5.16 Å². The van der Waals surface area contributed by atoms with E-state index in [9.17, 15) is 9.90 Å². The number of carboxylic acid groups (broad SMARTS) is 1. The number of aliphatic carboxylic acids is 1. The van der Waals surface area contributed by atoms with E-state index in [4.69, 9.17) is 14.0 Å². The van der Waals surface area contributed by atoms with Crippen LogP contribution in [0.15, 0.2) is 71.3 Å². The molecule has 1 aliphatic heterocycles. The lowest BCUT2D eigenvalue weighted by Gasteiger charge is -2.19. The zero-order valence-electron chi connectivity index (χ0n) is 20.4. The standard InChI is InChI=1S/C29H28N2O5/c1-19-28(31(2)15-5-6-20-9-14-25-26(16-20)35-18-34-25)29(36-30-19)22-12-10-21(11-13-22)24-8-4-3-7-23(24)17-27(32)33/h3-4,7-14,16H,5-6,15,17-18H2,1-2H3,(H,32,33). The number of rotatable bonds is 9. The Labute approximate surface area is 209 Å². The fourth-order valence-electron chi connectivity index (χ4n) is 4.65. The maximum absolute atomic E-state index is 11.3. The summed E-state index contributed by atoms with van der Waals surface area (Å²) < 4.78 is 16.6. The average Bonchev–Trinajstić information content (AvgIpc) is 3.50. The van der Waals surface area contributed by atoms with Crippen LogP contribution >= 0.6 is 0 Å². The van der Waals surface area contributed by atoms with Gasteiger partial charge in [-0.25, -0.2) is 0 Å². The summed E-state index contributed by atoms with van der Waals surface area (Å²) in [5.41, 5.74) is 6.62. The molecular formula is C29H28N2O5. The van der Waals surface area contributed by atoms with Gasteiger partial charge in [0.25, 0.3) is 0 Å². The second-order valence-corrected chi connectivity index (χ2v) is 8.96. The molecule has 0 spiro atoms. The molecule has 0 saturated heterocycles. The van der Waals surface area contributed by atoms with E-state index in [0.717, 1.165) is 70.3 Å². The number of benzene rings is 3. The van der Waals surface area contributed by atoms with Crippen LogP contribution in [0.1, 0.15) is 23.2 Å². The van der Waals surface area contributed by atoms with Crippen LogP contribution in [-0.4, -0.2) is 36.6 Å². The van der Waals surface area contributed by atoms with E-state index in [2.05, 4.69) is 29.2 Å². The Morgan fingerprint density at radius 3 is 2.56 bits per heavy atom. The lowest BCUT2D eigenvalue weighted by atomic mass is 9.96. The van der Waals surface area contributed by atoms with E-state index in [0.29, 0.717) is 0 Å². The molecule has 7 heteroatoms. The molecule has 0 bridgehead atoms. The molecule has 5 rings (SSSR count). The van der Waals surface area contributed by atoms with Gasteiger partial charge in [-0.1, -0.05) is 59.8 Å². The molecule has 3 aromatic carbocycles. The van der Waals surface area contributed by atoms with Crippen molar-refractivity contribution in [3.63, 3.8) is 0 Å². The Morgan fingerprint density at radius 2 is 1.75 bits per heavy atom. The largest absolute Gasteiger partial charge is 0.481 e. The van der Waals surface area contributed by atoms with Gasteiger partial charge in [-0.2, -0.15) is 0 Å². The van der Waals surface area contributed by atoms with Gasteiger partial charge >= 0.3 is 5.97 Å². The number of fused-ring (bicyclic) bond motifs is 1. The van der Waals surface area contributed by atoms with Gasteiger partial charge in [0.05, 0.1) is 6.42 Å². The zero-order chi connectivity index (χ0) is 25.1. The minimum atomic E-state index is -0.845. The summed E-state index contributed by atoms with van der Waals surface area (Å²) in [7, 11) is 2.05. The minimum Gasteiger partial charge on any atom is -0.481 e. The molecule has 36 heavy (non-hydrogen) atoms. The maximum Gasteiger partial charge on any atom is 0.307 e. The van der Waals surface area contributed by atoms with E-state index in [1.54, 1.807) is 0 Å². The third-order valence-corrected chi connectivity index (χ3v) is 6.43. The van der Waals surface area contributed by atoms with Gasteiger partial charge in [0.15, 0.2) is 17.3 Å². The maximum atomic E-state index is 11.3. The van der Waals surface area contributed by atoms with Crippen LogP contribution in [0, 0.1) is 6.92 Å². The lowest BCUT2D eigenvalue weighted by Crippen LogP contribution is -2.20. The highest BCUT2D eigenvalue weighted by molar-refractivity contribution is 5.79. The molecule has 184 valence electrons. The van der Waals surface area contributed by atoms with Gasteiger partial charge in [-0.3, -0.25) is 4.79 Å². The zero-order valence-corrected chi connectivity index (χ0v) is 20.4. The molecule has 0 aliphatic carbocycles. The third kappa shape index (κ3) is 4.91. The Morgan fingerprint density at radius 1 is 1.00 bits per heavy atom. The van der Waals surface area contributed by atoms with Crippen LogP contribution in [0.2, 0.25) is 0 Å². The van der Waals surface area contributed by atoms with Crippen LogP contribution in [0.25, 0.3) is 22.5 Å². The van der Waals surface area contributed by atoms with Crippen LogP contribution in [0.3, 0.4) is 0 Å². The molecule has 2 heterocycles. The monoisotopic (exact) mass is 484 g/mol. The lowest BCUT2D eigenvalue weighted by molar-refractivity contribution is -0.136. The van der Waals surface area contributed by atoms with E-state index in [-0.39, 0.29) is 13.2 Å². The number of aryl methyl sites for hydroxylation is 2. The van der Waals surface area contributed by atoms with Crippen LogP contribution in [0.5, 0.6) is 11.5 Å². The predicted molar refractivity (Wildman–Crippen MR) is 138 cm³/mol. The number of anilines is 1. The van der Waals surface area contributed by atoms with Crippen molar-refractivity contribution >= 4 is 11.7 Å². The fraction of sp³-hybridized carbons (Fsp3) is 0.241. The van der Waals surface area contributed by atoms with Gasteiger partial charge in [0, 0.05) is 19.2 Å². The fourth-order valence-corrected chi connectivity index (χ4v) is 4.65. The molecule has 0 amide bonds. The number of carbonyl (C=O) groups is 1. The highest BCUT2D eigenvalue weighted by atomic mass is 16.7. The van der Waals surface area contributed by atoms with Crippen molar-refractivity contribution in [2.24, 2.45) is 0 Å². The van der Waals surface area contributed by atoms with E-state index in [1.807, 2.05) is 61.5 Å². The first-order chi connectivity index (χ1) is 17.5. The molecular weight excluding hydrogens is 456 g/mol. The summed E-state index contributed by atoms with van der Waals surface area (Å²) in [6.45, 7) is 3.07. The molecule has 4 aromatic rings. The molecule has 1 aromatic heterocycles. The number of ether oxygens (including phenoxy) is 2. The van der Waals surface area contributed by atoms with E-state index < -0.39 is 5.97 Å². The molecule has 0 fully saturated rings. The highest BCUT2D eigenvalue weighted by Crippen LogP contribution is 2.36. The van der Waals surface area contributed by atoms with Crippen LogP contribution in [0.4, 0.5) is 5.69 Å². The van der Waals surface area contributed by atoms with E-state index in [1.165, 1.54) is 5.56 Å². The van der Waals surface area contributed by atoms with Gasteiger partial charge in [-0.05, 0) is 54.2 Å². The van der Waals surface area contributed by atoms with Crippen molar-refractivity contribution in [2.75, 3.05) is 25.3 Å². The van der Waals surface area contributed by atoms with Crippen molar-refractivity contribution < 1.29 is 23.9 Å². The summed E-state index contributed by atoms with van der Waals surface area (Å²) >= 11 is 0. The normalized spacial score (nSPS) is 12.1. The molecule has 0 radical (unpaired) electrons. The summed E-state index contributed by atoms with van der Waals surface area (Å²) in [4.78, 5) is 13.4. The predicted octanol–water partition coefficient (Wildman–Crippen LogP) is 5.74. The Balaban J connectivity index is 1.29. The molecule has 0 saturated carbocycles. The number of carboxylic acids is 1. The van der Waals surface area contributed by atoms with Crippen molar-refractivity contribution in [2.45, 2.75) is 26.2 Å². The quantitative estimate of drug-likeness (QED) is 0.324. The van der Waals surface area contributed by atoms with E-state index >= 15 is 0 Å². The molecule has 0 atom stereocenters. The first-order valence-electron chi connectivity index (χ1n) is 12.0. The summed E-state index contributed by atoms with van der Waals surface area (Å²) in [5.74, 6) is 1.50. The first kappa shape index (κ1) is 23.5. The Hall–Kier alpha value is -4.26. The van der Waals surface area contributed by atoms with Crippen LogP contribution < -0.4 is 14.4 Å². The third-order valence-electron chi connectivity index (χ3n) is 6.43. The van der Waals surface area contributed by atoms with Crippen molar-refractivity contribution in [3.05, 3.63) is 83.6 Å². The van der Waals surface area contributed by atoms with Gasteiger partial charge in [-0.15, -0.1) is 0 Å². The molecule has 1 N–H and O–H groups in total. The number of hydrogen-bond acceptors (Lipinski definition) is 6. The second-order valence-electron chi connectivity index (χ2n) is 8.96. The molecule has 1 aliphatic rings. The first-order valence-corrected chi connectivity index (χ1v) is 12.0. The second kappa shape index (κ2) is 10.2. The van der Waals surface area contributed by atoms with Gasteiger partial charge in [0.2, 0.25) is 6.79 Å². The highest BCUT2D eigenvalue weighted by Gasteiger charge is 2.19. The van der Waals surface area contributed by atoms with Crippen LogP contribution in [-0.2, 0) is 17.6 Å². The minimum absolute atomic E-state index is 0.0135. The van der Waals surface area contributed by atoms with Crippen molar-refractivity contribution in [1.29, 1.82) is 0 Å². The number of aromatic nitrogens is 1. The number of nitrogens with zero attached hydrogens (tertiary/aromatic N) is 2. The Kier molecular flexibility index (Phi) is 6.62. The molecule has 0 unspecified atom stereocenters. The van der Waals surface area contributed by atoms with Crippen molar-refractivity contribution in [3.8, 4) is 33.9 Å². The smallest absolute Gasteiger partial charge is 0.307 e. The topological polar surface area (TPSA) is 85.0 Å².